The summed E-state index contributed by atoms with van der Waals surface area (Å²) in [6.07, 6.45) is 0.921. The number of carbonyl (C=O) groups excluding carboxylic acids is 1. The van der Waals surface area contributed by atoms with Gasteiger partial charge in [0.15, 0.2) is 5.78 Å². The van der Waals surface area contributed by atoms with Gasteiger partial charge in [-0.2, -0.15) is 8.42 Å². The third kappa shape index (κ3) is 6.44. The number of ketones is 1. The van der Waals surface area contributed by atoms with Crippen molar-refractivity contribution in [3.05, 3.63) is 12.7 Å². The molecule has 76 valence electrons. The molecule has 0 atom stereocenters. The Balaban J connectivity index is 4.44. The van der Waals surface area contributed by atoms with Gasteiger partial charge in [0.05, 0.1) is 0 Å². The van der Waals surface area contributed by atoms with Gasteiger partial charge in [-0.1, -0.05) is 6.58 Å². The lowest BCUT2D eigenvalue weighted by atomic mass is 10.4. The van der Waals surface area contributed by atoms with E-state index in [0.29, 0.717) is 0 Å². The minimum Gasteiger partial charge on any atom is -0.303 e. The van der Waals surface area contributed by atoms with Crippen LogP contribution in [0.5, 0.6) is 0 Å². The average Bonchev–Trinajstić information content (AvgIpc) is 1.80. The van der Waals surface area contributed by atoms with E-state index in [2.05, 4.69) is 10.8 Å². The number of allylic oxidation sites excluding steroid dienone is 1. The Bertz CT molecular complexity index is 299. The molecule has 0 bridgehead atoms. The molecule has 6 heteroatoms. The van der Waals surface area contributed by atoms with Gasteiger partial charge in [-0.25, -0.2) is 4.18 Å². The lowest BCUT2D eigenvalue weighted by molar-refractivity contribution is -0.112. The molecule has 0 spiro atoms. The van der Waals surface area contributed by atoms with Gasteiger partial charge in [-0.3, -0.25) is 4.79 Å². The van der Waals surface area contributed by atoms with Crippen LogP contribution >= 0.6 is 0 Å². The Morgan fingerprint density at radius 2 is 2.08 bits per heavy atom. The monoisotopic (exact) mass is 207 g/mol. The Morgan fingerprint density at radius 1 is 1.62 bits per heavy atom. The molecule has 2 N–H and O–H groups in total. The quantitative estimate of drug-likeness (QED) is 0.382. The molecule has 0 aromatic carbocycles. The molecule has 0 aromatic rings. The normalized spacial score (nSPS) is 12.5. The first-order valence-electron chi connectivity index (χ1n) is 3.54. The lowest BCUT2D eigenvalue weighted by Crippen LogP contribution is -2.39. The maximum Gasteiger partial charge on any atom is 0.276 e. The van der Waals surface area contributed by atoms with Crippen LogP contribution in [0.15, 0.2) is 12.7 Å². The summed E-state index contributed by atoms with van der Waals surface area (Å²) in [6, 6.07) is 0. The highest BCUT2D eigenvalue weighted by molar-refractivity contribution is 7.87. The van der Waals surface area contributed by atoms with E-state index >= 15 is 0 Å². The highest BCUT2D eigenvalue weighted by Gasteiger charge is 2.23. The van der Waals surface area contributed by atoms with Crippen LogP contribution in [0.25, 0.3) is 0 Å². The molecule has 0 aliphatic rings. The van der Waals surface area contributed by atoms with Crippen LogP contribution in [0.3, 0.4) is 0 Å². The van der Waals surface area contributed by atoms with E-state index in [0.717, 1.165) is 6.08 Å². The predicted molar refractivity (Wildman–Crippen MR) is 48.3 cm³/mol. The fourth-order valence-electron chi connectivity index (χ4n) is 0.590. The van der Waals surface area contributed by atoms with Gasteiger partial charge < -0.3 is 5.73 Å². The van der Waals surface area contributed by atoms with Crippen molar-refractivity contribution in [2.24, 2.45) is 5.73 Å². The van der Waals surface area contributed by atoms with E-state index in [-0.39, 0.29) is 0 Å². The van der Waals surface area contributed by atoms with Crippen molar-refractivity contribution < 1.29 is 17.4 Å². The first-order valence-corrected chi connectivity index (χ1v) is 5.11. The summed E-state index contributed by atoms with van der Waals surface area (Å²) in [6.45, 7) is 5.90. The third-order valence-corrected chi connectivity index (χ3v) is 2.21. The first kappa shape index (κ1) is 12.3. The molecule has 13 heavy (non-hydrogen) atoms. The van der Waals surface area contributed by atoms with Crippen LogP contribution in [-0.4, -0.2) is 25.7 Å². The SMILES string of the molecule is C=CC(=O)CS(=O)(=O)OC(C)(C)N. The van der Waals surface area contributed by atoms with E-state index in [9.17, 15) is 13.2 Å². The van der Waals surface area contributed by atoms with Crippen LogP contribution in [0.4, 0.5) is 0 Å². The fraction of sp³-hybridized carbons (Fsp3) is 0.571. The van der Waals surface area contributed by atoms with Crippen molar-refractivity contribution >= 4 is 15.9 Å². The Morgan fingerprint density at radius 3 is 2.38 bits per heavy atom. The van der Waals surface area contributed by atoms with Crippen LogP contribution in [0.2, 0.25) is 0 Å². The number of nitrogens with two attached hydrogens (primary N) is 1. The second-order valence-electron chi connectivity index (χ2n) is 3.06. The molecule has 0 aromatic heterocycles. The third-order valence-electron chi connectivity index (χ3n) is 0.888. The molecule has 5 nitrogen and oxygen atoms in total. The highest BCUT2D eigenvalue weighted by atomic mass is 32.2. The molecule has 0 aliphatic heterocycles. The molecule has 0 radical (unpaired) electrons. The largest absolute Gasteiger partial charge is 0.303 e. The second kappa shape index (κ2) is 3.99. The van der Waals surface area contributed by atoms with Gasteiger partial charge in [0.1, 0.15) is 11.5 Å². The standard InChI is InChI=1S/C7H13NO4S/c1-4-6(9)5-13(10,11)12-7(2,3)8/h4H,1,5,8H2,2-3H3. The number of hydrogen-bond donors (Lipinski definition) is 1. The van der Waals surface area contributed by atoms with Gasteiger partial charge in [0, 0.05) is 0 Å². The summed E-state index contributed by atoms with van der Waals surface area (Å²) < 4.78 is 26.6. The molecule has 0 amide bonds. The van der Waals surface area contributed by atoms with Crippen LogP contribution < -0.4 is 5.73 Å². The summed E-state index contributed by atoms with van der Waals surface area (Å²) in [5, 5.41) is 0. The van der Waals surface area contributed by atoms with Gasteiger partial charge in [-0.15, -0.1) is 0 Å². The Hall–Kier alpha value is -0.720. The number of hydrogen-bond acceptors (Lipinski definition) is 5. The molecule has 0 unspecified atom stereocenters. The summed E-state index contributed by atoms with van der Waals surface area (Å²) in [5.41, 5.74) is 3.99. The average molecular weight is 207 g/mol. The van der Waals surface area contributed by atoms with Crippen LogP contribution in [-0.2, 0) is 19.1 Å². The maximum absolute atomic E-state index is 11.0. The van der Waals surface area contributed by atoms with Gasteiger partial charge >= 0.3 is 0 Å². The number of rotatable bonds is 5. The van der Waals surface area contributed by atoms with Crippen LogP contribution in [0, 0.1) is 0 Å². The molecule has 0 fully saturated rings. The summed E-state index contributed by atoms with van der Waals surface area (Å²) >= 11 is 0. The fourth-order valence-corrected chi connectivity index (χ4v) is 1.77. The smallest absolute Gasteiger partial charge is 0.276 e. The first-order chi connectivity index (χ1) is 5.66. The second-order valence-corrected chi connectivity index (χ2v) is 4.63. The van der Waals surface area contributed by atoms with E-state index in [1.54, 1.807) is 0 Å². The Kier molecular flexibility index (Phi) is 3.77. The Labute approximate surface area is 77.7 Å². The summed E-state index contributed by atoms with van der Waals surface area (Å²) in [7, 11) is -3.90. The van der Waals surface area contributed by atoms with Gasteiger partial charge in [0.2, 0.25) is 0 Å². The maximum atomic E-state index is 11.0. The lowest BCUT2D eigenvalue weighted by Gasteiger charge is -2.17. The van der Waals surface area contributed by atoms with Crippen molar-refractivity contribution in [2.75, 3.05) is 5.75 Å². The molecular formula is C7H13NO4S. The molecular weight excluding hydrogens is 194 g/mol. The highest BCUT2D eigenvalue weighted by Crippen LogP contribution is 2.06. The molecule has 0 saturated heterocycles. The number of carbonyl (C=O) groups is 1. The van der Waals surface area contributed by atoms with E-state index < -0.39 is 27.4 Å². The molecule has 0 aliphatic carbocycles. The van der Waals surface area contributed by atoms with Gasteiger partial charge in [0.25, 0.3) is 10.1 Å². The zero-order valence-corrected chi connectivity index (χ0v) is 8.43. The van der Waals surface area contributed by atoms with Crippen molar-refractivity contribution in [1.82, 2.24) is 0 Å². The van der Waals surface area contributed by atoms with Gasteiger partial charge in [-0.05, 0) is 19.9 Å². The zero-order chi connectivity index (χ0) is 10.7. The van der Waals surface area contributed by atoms with Crippen LogP contribution in [0.1, 0.15) is 13.8 Å². The van der Waals surface area contributed by atoms with Crippen molar-refractivity contribution in [3.63, 3.8) is 0 Å². The zero-order valence-electron chi connectivity index (χ0n) is 7.61. The van der Waals surface area contributed by atoms with E-state index in [1.807, 2.05) is 0 Å². The van der Waals surface area contributed by atoms with Crippen molar-refractivity contribution in [2.45, 2.75) is 19.6 Å². The molecule has 0 heterocycles. The van der Waals surface area contributed by atoms with E-state index in [4.69, 9.17) is 5.73 Å². The minimum absolute atomic E-state index is 0.621. The summed E-state index contributed by atoms with van der Waals surface area (Å²) in [5.74, 6) is -1.35. The predicted octanol–water partition coefficient (Wildman–Crippen LogP) is -0.217. The van der Waals surface area contributed by atoms with E-state index in [1.165, 1.54) is 13.8 Å². The molecule has 0 rings (SSSR count). The summed E-state index contributed by atoms with van der Waals surface area (Å²) in [4.78, 5) is 10.7. The topological polar surface area (TPSA) is 86.5 Å². The molecule has 0 saturated carbocycles. The van der Waals surface area contributed by atoms with Crippen molar-refractivity contribution in [1.29, 1.82) is 0 Å². The van der Waals surface area contributed by atoms with Crippen molar-refractivity contribution in [3.8, 4) is 0 Å². The minimum atomic E-state index is -3.90.